The van der Waals surface area contributed by atoms with Gasteiger partial charge in [-0.25, -0.2) is 9.59 Å². The predicted octanol–water partition coefficient (Wildman–Crippen LogP) is 4.46. The van der Waals surface area contributed by atoms with Gasteiger partial charge in [-0.2, -0.15) is 23.5 Å². The first-order chi connectivity index (χ1) is 14.1. The lowest BCUT2D eigenvalue weighted by molar-refractivity contribution is -0.138. The van der Waals surface area contributed by atoms with Gasteiger partial charge in [-0.05, 0) is 28.0 Å². The van der Waals surface area contributed by atoms with E-state index in [1.54, 1.807) is 0 Å². The van der Waals surface area contributed by atoms with Crippen LogP contribution in [-0.2, 0) is 9.53 Å². The summed E-state index contributed by atoms with van der Waals surface area (Å²) in [5, 5.41) is 11.9. The highest BCUT2D eigenvalue weighted by Gasteiger charge is 2.29. The Morgan fingerprint density at radius 1 is 1.03 bits per heavy atom. The summed E-state index contributed by atoms with van der Waals surface area (Å²) >= 11 is 3.34. The monoisotopic (exact) mass is 431 g/mol. The Labute approximate surface area is 179 Å². The molecule has 7 heteroatoms. The zero-order chi connectivity index (χ0) is 20.6. The van der Waals surface area contributed by atoms with E-state index < -0.39 is 18.1 Å². The number of benzene rings is 2. The molecule has 2 aromatic carbocycles. The maximum atomic E-state index is 12.3. The fraction of sp³-hybridized carbons (Fsp3) is 0.364. The minimum Gasteiger partial charge on any atom is -0.480 e. The number of ether oxygens (including phenoxy) is 1. The molecule has 1 aliphatic carbocycles. The Bertz CT molecular complexity index is 813. The van der Waals surface area contributed by atoms with Gasteiger partial charge in [0.25, 0.3) is 0 Å². The molecular weight excluding hydrogens is 406 g/mol. The first kappa shape index (κ1) is 21.6. The van der Waals surface area contributed by atoms with Crippen LogP contribution in [0.4, 0.5) is 4.79 Å². The Morgan fingerprint density at radius 3 is 2.21 bits per heavy atom. The van der Waals surface area contributed by atoms with Crippen LogP contribution < -0.4 is 5.32 Å². The Morgan fingerprint density at radius 2 is 1.62 bits per heavy atom. The molecule has 0 bridgehead atoms. The number of thioether (sulfide) groups is 2. The number of carbonyl (C=O) groups excluding carboxylic acids is 1. The molecule has 0 aliphatic heterocycles. The molecule has 0 heterocycles. The van der Waals surface area contributed by atoms with E-state index in [-0.39, 0.29) is 12.5 Å². The van der Waals surface area contributed by atoms with Crippen LogP contribution >= 0.6 is 23.5 Å². The van der Waals surface area contributed by atoms with Crippen LogP contribution in [0.2, 0.25) is 0 Å². The number of fused-ring (bicyclic) bond motifs is 3. The van der Waals surface area contributed by atoms with Gasteiger partial charge in [0.15, 0.2) is 0 Å². The van der Waals surface area contributed by atoms with Crippen LogP contribution in [0, 0.1) is 0 Å². The smallest absolute Gasteiger partial charge is 0.407 e. The third-order valence-electron chi connectivity index (χ3n) is 4.79. The molecule has 0 aromatic heterocycles. The third-order valence-corrected chi connectivity index (χ3v) is 7.02. The average Bonchev–Trinajstić information content (AvgIpc) is 3.05. The molecule has 1 unspecified atom stereocenters. The van der Waals surface area contributed by atoms with Crippen LogP contribution in [0.3, 0.4) is 0 Å². The lowest BCUT2D eigenvalue weighted by Gasteiger charge is -2.17. The van der Waals surface area contributed by atoms with E-state index in [2.05, 4.69) is 24.4 Å². The highest BCUT2D eigenvalue weighted by atomic mass is 32.2. The zero-order valence-electron chi connectivity index (χ0n) is 16.3. The molecular formula is C22H25NO4S2. The molecule has 0 spiro atoms. The van der Waals surface area contributed by atoms with Gasteiger partial charge < -0.3 is 15.2 Å². The minimum atomic E-state index is -1.05. The molecule has 3 rings (SSSR count). The summed E-state index contributed by atoms with van der Waals surface area (Å²) in [5.41, 5.74) is 4.56. The second kappa shape index (κ2) is 10.6. The molecule has 2 N–H and O–H groups in total. The van der Waals surface area contributed by atoms with Crippen molar-refractivity contribution >= 4 is 35.6 Å². The van der Waals surface area contributed by atoms with Gasteiger partial charge in [0.1, 0.15) is 12.6 Å². The minimum absolute atomic E-state index is 0.0446. The summed E-state index contributed by atoms with van der Waals surface area (Å²) in [6, 6.07) is 15.2. The predicted molar refractivity (Wildman–Crippen MR) is 120 cm³/mol. The number of carboxylic acids is 1. The van der Waals surface area contributed by atoms with E-state index in [1.807, 2.05) is 48.2 Å². The number of carbonyl (C=O) groups is 2. The number of hydrogen-bond donors (Lipinski definition) is 2. The highest BCUT2D eigenvalue weighted by Crippen LogP contribution is 2.44. The molecule has 1 amide bonds. The van der Waals surface area contributed by atoms with E-state index >= 15 is 0 Å². The highest BCUT2D eigenvalue weighted by molar-refractivity contribution is 8.02. The van der Waals surface area contributed by atoms with Gasteiger partial charge in [0.05, 0.1) is 0 Å². The lowest BCUT2D eigenvalue weighted by atomic mass is 9.98. The van der Waals surface area contributed by atoms with Gasteiger partial charge >= 0.3 is 12.1 Å². The van der Waals surface area contributed by atoms with Crippen molar-refractivity contribution in [1.29, 1.82) is 0 Å². The summed E-state index contributed by atoms with van der Waals surface area (Å²) in [5.74, 6) is 2.10. The zero-order valence-corrected chi connectivity index (χ0v) is 17.9. The summed E-state index contributed by atoms with van der Waals surface area (Å²) in [6.45, 7) is 2.26. The number of rotatable bonds is 10. The van der Waals surface area contributed by atoms with Crippen molar-refractivity contribution in [2.75, 3.05) is 29.6 Å². The van der Waals surface area contributed by atoms with Crippen molar-refractivity contribution in [3.8, 4) is 11.1 Å². The van der Waals surface area contributed by atoms with Gasteiger partial charge in [-0.3, -0.25) is 0 Å². The standard InChI is InChI=1S/C22H25NO4S2/c1-2-28-11-12-29-14-20(21(24)25)23-22(26)27-13-19-17-9-5-3-7-15(17)16-8-4-6-10-18(16)19/h3-10,19-20H,2,11-14H2,1H3,(H,23,26)(H,24,25). The van der Waals surface area contributed by atoms with Crippen molar-refractivity contribution in [3.63, 3.8) is 0 Å². The van der Waals surface area contributed by atoms with Crippen LogP contribution in [0.15, 0.2) is 48.5 Å². The first-order valence-electron chi connectivity index (χ1n) is 9.61. The Kier molecular flexibility index (Phi) is 7.89. The molecule has 1 aliphatic rings. The topological polar surface area (TPSA) is 75.6 Å². The lowest BCUT2D eigenvalue weighted by Crippen LogP contribution is -2.43. The second-order valence-corrected chi connectivity index (χ2v) is 9.18. The molecule has 1 atom stereocenters. The van der Waals surface area contributed by atoms with Crippen LogP contribution in [0.1, 0.15) is 24.0 Å². The maximum absolute atomic E-state index is 12.3. The number of alkyl carbamates (subject to hydrolysis) is 1. The summed E-state index contributed by atoms with van der Waals surface area (Å²) in [7, 11) is 0. The van der Waals surface area contributed by atoms with E-state index in [4.69, 9.17) is 4.74 Å². The third kappa shape index (κ3) is 5.48. The van der Waals surface area contributed by atoms with E-state index in [0.717, 1.165) is 39.5 Å². The first-order valence-corrected chi connectivity index (χ1v) is 11.9. The number of nitrogens with one attached hydrogen (secondary N) is 1. The van der Waals surface area contributed by atoms with Crippen LogP contribution in [0.25, 0.3) is 11.1 Å². The van der Waals surface area contributed by atoms with Crippen molar-refractivity contribution < 1.29 is 19.4 Å². The molecule has 0 radical (unpaired) electrons. The molecule has 5 nitrogen and oxygen atoms in total. The Hall–Kier alpha value is -2.12. The molecule has 0 fully saturated rings. The SMILES string of the molecule is CCSCCSCC(NC(=O)OCC1c2ccccc2-c2ccccc21)C(=O)O. The van der Waals surface area contributed by atoms with Gasteiger partial charge in [-0.15, -0.1) is 0 Å². The fourth-order valence-electron chi connectivity index (χ4n) is 3.42. The average molecular weight is 432 g/mol. The van der Waals surface area contributed by atoms with Crippen LogP contribution in [0.5, 0.6) is 0 Å². The molecule has 0 saturated carbocycles. The largest absolute Gasteiger partial charge is 0.480 e. The normalized spacial score (nSPS) is 13.4. The molecule has 29 heavy (non-hydrogen) atoms. The second-order valence-electron chi connectivity index (χ2n) is 6.63. The summed E-state index contributed by atoms with van der Waals surface area (Å²) in [6.07, 6.45) is -0.692. The van der Waals surface area contributed by atoms with Crippen molar-refractivity contribution in [3.05, 3.63) is 59.7 Å². The van der Waals surface area contributed by atoms with Crippen molar-refractivity contribution in [2.45, 2.75) is 18.9 Å². The quantitative estimate of drug-likeness (QED) is 0.541. The fourth-order valence-corrected chi connectivity index (χ4v) is 5.28. The molecule has 2 aromatic rings. The van der Waals surface area contributed by atoms with Gasteiger partial charge in [-0.1, -0.05) is 55.5 Å². The summed E-state index contributed by atoms with van der Waals surface area (Å²) < 4.78 is 5.44. The van der Waals surface area contributed by atoms with Gasteiger partial charge in [0, 0.05) is 23.2 Å². The van der Waals surface area contributed by atoms with Gasteiger partial charge in [0.2, 0.25) is 0 Å². The van der Waals surface area contributed by atoms with Crippen LogP contribution in [-0.4, -0.2) is 52.8 Å². The van der Waals surface area contributed by atoms with E-state index in [0.29, 0.717) is 5.75 Å². The van der Waals surface area contributed by atoms with E-state index in [1.165, 1.54) is 11.8 Å². The number of amides is 1. The number of hydrogen-bond acceptors (Lipinski definition) is 5. The maximum Gasteiger partial charge on any atom is 0.407 e. The summed E-state index contributed by atoms with van der Waals surface area (Å²) in [4.78, 5) is 23.7. The number of carboxylic acid groups (broad SMARTS) is 1. The number of aliphatic carboxylic acids is 1. The molecule has 0 saturated heterocycles. The van der Waals surface area contributed by atoms with Crippen molar-refractivity contribution in [2.24, 2.45) is 0 Å². The van der Waals surface area contributed by atoms with E-state index in [9.17, 15) is 14.7 Å². The Balaban J connectivity index is 1.56. The van der Waals surface area contributed by atoms with Crippen molar-refractivity contribution in [1.82, 2.24) is 5.32 Å². The molecule has 154 valence electrons.